The van der Waals surface area contributed by atoms with Gasteiger partial charge in [0.15, 0.2) is 0 Å². The van der Waals surface area contributed by atoms with E-state index in [1.807, 2.05) is 39.0 Å². The minimum atomic E-state index is -0.966. The van der Waals surface area contributed by atoms with Crippen LogP contribution in [0.1, 0.15) is 60.7 Å². The summed E-state index contributed by atoms with van der Waals surface area (Å²) in [6.07, 6.45) is 3.40. The van der Waals surface area contributed by atoms with Crippen molar-refractivity contribution in [2.45, 2.75) is 73.3 Å². The largest absolute Gasteiger partial charge is 0.493 e. The van der Waals surface area contributed by atoms with Gasteiger partial charge in [0.2, 0.25) is 0 Å². The summed E-state index contributed by atoms with van der Waals surface area (Å²) >= 11 is 0. The van der Waals surface area contributed by atoms with Gasteiger partial charge in [-0.25, -0.2) is 4.98 Å². The average Bonchev–Trinajstić information content (AvgIpc) is 2.78. The lowest BCUT2D eigenvalue weighted by atomic mass is 9.91. The smallest absolute Gasteiger partial charge is 0.307 e. The van der Waals surface area contributed by atoms with Crippen LogP contribution in [0.5, 0.6) is 5.75 Å². The molecule has 1 aliphatic heterocycles. The van der Waals surface area contributed by atoms with Gasteiger partial charge in [0.1, 0.15) is 11.6 Å². The Morgan fingerprint density at radius 2 is 1.78 bits per heavy atom. The highest BCUT2D eigenvalue weighted by atomic mass is 16.5. The Kier molecular flexibility index (Phi) is 8.04. The lowest BCUT2D eigenvalue weighted by Crippen LogP contribution is -2.27. The molecule has 2 aromatic heterocycles. The second kappa shape index (κ2) is 10.7. The number of carboxylic acid groups (broad SMARTS) is 1. The van der Waals surface area contributed by atoms with Gasteiger partial charge >= 0.3 is 5.97 Å². The zero-order valence-corrected chi connectivity index (χ0v) is 22.2. The Morgan fingerprint density at radius 1 is 1.11 bits per heavy atom. The van der Waals surface area contributed by atoms with E-state index in [9.17, 15) is 14.7 Å². The second-order valence-electron chi connectivity index (χ2n) is 10.3. The number of hydrogen-bond acceptors (Lipinski definition) is 5. The molecule has 0 atom stereocenters. The maximum atomic E-state index is 13.3. The maximum absolute atomic E-state index is 13.3. The van der Waals surface area contributed by atoms with E-state index >= 15 is 0 Å². The third-order valence-corrected chi connectivity index (χ3v) is 6.09. The van der Waals surface area contributed by atoms with Crippen LogP contribution >= 0.6 is 0 Å². The van der Waals surface area contributed by atoms with E-state index in [1.54, 1.807) is 38.5 Å². The van der Waals surface area contributed by atoms with Gasteiger partial charge in [0.05, 0.1) is 18.6 Å². The maximum Gasteiger partial charge on any atom is 0.307 e. The van der Waals surface area contributed by atoms with Crippen molar-refractivity contribution in [1.29, 1.82) is 0 Å². The van der Waals surface area contributed by atoms with E-state index in [4.69, 9.17) is 9.84 Å². The van der Waals surface area contributed by atoms with Crippen LogP contribution in [0.3, 0.4) is 0 Å². The predicted molar refractivity (Wildman–Crippen MR) is 141 cm³/mol. The van der Waals surface area contributed by atoms with Crippen molar-refractivity contribution in [3.05, 3.63) is 74.3 Å². The molecule has 2 N–H and O–H groups in total. The lowest BCUT2D eigenvalue weighted by molar-refractivity contribution is -0.136. The molecule has 7 nitrogen and oxygen atoms in total. The summed E-state index contributed by atoms with van der Waals surface area (Å²) in [7, 11) is 0. The van der Waals surface area contributed by atoms with Crippen LogP contribution in [0, 0.1) is 27.7 Å². The topological polar surface area (TPSA) is 102 Å². The van der Waals surface area contributed by atoms with Crippen molar-refractivity contribution >= 4 is 5.97 Å². The number of rotatable bonds is 4. The number of aliphatic carboxylic acids is 1. The van der Waals surface area contributed by atoms with Crippen molar-refractivity contribution in [2.75, 3.05) is 6.61 Å². The molecule has 0 radical (unpaired) electrons. The van der Waals surface area contributed by atoms with Crippen molar-refractivity contribution in [1.82, 2.24) is 9.55 Å². The summed E-state index contributed by atoms with van der Waals surface area (Å²) < 4.78 is 7.34. The molecule has 0 unspecified atom stereocenters. The molecule has 1 aromatic carbocycles. The lowest BCUT2D eigenvalue weighted by Gasteiger charge is -2.22. The summed E-state index contributed by atoms with van der Waals surface area (Å²) in [5.74, 6) is 0.443. The highest BCUT2D eigenvalue weighted by molar-refractivity contribution is 5.79. The molecule has 36 heavy (non-hydrogen) atoms. The monoisotopic (exact) mass is 492 g/mol. The fourth-order valence-electron chi connectivity index (χ4n) is 4.25. The van der Waals surface area contributed by atoms with Crippen LogP contribution in [-0.4, -0.2) is 37.9 Å². The van der Waals surface area contributed by atoms with E-state index in [1.165, 1.54) is 0 Å². The first-order valence-corrected chi connectivity index (χ1v) is 12.2. The van der Waals surface area contributed by atoms with Crippen LogP contribution in [-0.2, 0) is 17.6 Å². The van der Waals surface area contributed by atoms with Gasteiger partial charge in [0, 0.05) is 23.0 Å². The zero-order chi connectivity index (χ0) is 26.8. The summed E-state index contributed by atoms with van der Waals surface area (Å²) in [6.45, 7) is 13.4. The van der Waals surface area contributed by atoms with Crippen molar-refractivity contribution in [2.24, 2.45) is 0 Å². The molecule has 0 saturated carbocycles. The first-order chi connectivity index (χ1) is 16.8. The van der Waals surface area contributed by atoms with Gasteiger partial charge in [-0.1, -0.05) is 6.07 Å². The fraction of sp³-hybridized carbons (Fsp3) is 0.414. The van der Waals surface area contributed by atoms with Gasteiger partial charge in [-0.15, -0.1) is 0 Å². The first-order valence-electron chi connectivity index (χ1n) is 12.2. The van der Waals surface area contributed by atoms with E-state index in [0.29, 0.717) is 29.2 Å². The number of aliphatic hydroxyl groups is 1. The number of carboxylic acids is 1. The number of benzene rings is 1. The van der Waals surface area contributed by atoms with Gasteiger partial charge in [-0.2, -0.15) is 0 Å². The van der Waals surface area contributed by atoms with Crippen molar-refractivity contribution in [3.63, 3.8) is 0 Å². The molecule has 3 heterocycles. The third kappa shape index (κ3) is 6.21. The number of aromatic nitrogens is 2. The molecule has 0 saturated heterocycles. The minimum Gasteiger partial charge on any atom is -0.493 e. The Morgan fingerprint density at radius 3 is 2.39 bits per heavy atom. The molecule has 7 heteroatoms. The van der Waals surface area contributed by atoms with Gasteiger partial charge in [0.25, 0.3) is 5.56 Å². The molecular formula is C29H36N2O5. The van der Waals surface area contributed by atoms with E-state index in [0.717, 1.165) is 46.4 Å². The summed E-state index contributed by atoms with van der Waals surface area (Å²) in [6, 6.07) is 7.83. The van der Waals surface area contributed by atoms with Gasteiger partial charge in [-0.3, -0.25) is 14.2 Å². The normalized spacial score (nSPS) is 12.8. The van der Waals surface area contributed by atoms with E-state index in [-0.39, 0.29) is 12.0 Å². The molecule has 4 rings (SSSR count). The Labute approximate surface area is 212 Å². The molecule has 192 valence electrons. The Balaban J connectivity index is 0.000000658. The molecule has 1 aliphatic rings. The highest BCUT2D eigenvalue weighted by Gasteiger charge is 2.23. The summed E-state index contributed by atoms with van der Waals surface area (Å²) in [4.78, 5) is 29.5. The molecule has 3 aromatic rings. The number of nitrogens with zero attached hydrogens (tertiary/aromatic N) is 2. The molecule has 0 amide bonds. The zero-order valence-electron chi connectivity index (χ0n) is 22.2. The van der Waals surface area contributed by atoms with Gasteiger partial charge < -0.3 is 14.9 Å². The number of ether oxygens (including phenoxy) is 1. The first kappa shape index (κ1) is 27.1. The second-order valence-corrected chi connectivity index (χ2v) is 10.3. The number of fused-ring (bicyclic) bond motifs is 1. The fourth-order valence-corrected chi connectivity index (χ4v) is 4.25. The van der Waals surface area contributed by atoms with Crippen molar-refractivity contribution in [3.8, 4) is 22.7 Å². The molecule has 0 spiro atoms. The minimum absolute atomic E-state index is 0.216. The average molecular weight is 493 g/mol. The van der Waals surface area contributed by atoms with Crippen LogP contribution < -0.4 is 10.3 Å². The van der Waals surface area contributed by atoms with E-state index < -0.39 is 11.6 Å². The van der Waals surface area contributed by atoms with Crippen molar-refractivity contribution < 1.29 is 19.7 Å². The SMILES string of the molecule is CC(C)(C)O.Cc1cnc(-n2c(C)c(-c3ccc4c(c3)CCCO4)c(CC(=O)O)c(C)c2=O)cc1C. The number of aryl methyl sites for hydroxylation is 3. The van der Waals surface area contributed by atoms with Gasteiger partial charge in [-0.05, 0) is 107 Å². The predicted octanol–water partition coefficient (Wildman–Crippen LogP) is 4.86. The number of pyridine rings is 2. The van der Waals surface area contributed by atoms with Crippen LogP contribution in [0.15, 0.2) is 35.3 Å². The van der Waals surface area contributed by atoms with Crippen LogP contribution in [0.4, 0.5) is 0 Å². The quantitative estimate of drug-likeness (QED) is 0.539. The molecule has 0 aliphatic carbocycles. The number of carbonyl (C=O) groups is 1. The highest BCUT2D eigenvalue weighted by Crippen LogP contribution is 2.35. The molecule has 0 fully saturated rings. The summed E-state index contributed by atoms with van der Waals surface area (Å²) in [5.41, 5.74) is 5.76. The standard InChI is InChI=1S/C25H26N2O4.C4H10O/c1-14-10-22(26-13-15(14)2)27-17(4)24(20(12-23(28)29)16(3)25(27)30)19-7-8-21-18(11-19)6-5-9-31-21;1-4(2,3)5/h7-8,10-11,13H,5-6,9,12H2,1-4H3,(H,28,29);5H,1-3H3. The molecular weight excluding hydrogens is 456 g/mol. The van der Waals surface area contributed by atoms with E-state index in [2.05, 4.69) is 11.1 Å². The van der Waals surface area contributed by atoms with Crippen LogP contribution in [0.25, 0.3) is 16.9 Å². The summed E-state index contributed by atoms with van der Waals surface area (Å²) in [5, 5.41) is 18.1. The Hall–Kier alpha value is -3.45. The number of hydrogen-bond donors (Lipinski definition) is 2. The van der Waals surface area contributed by atoms with Crippen LogP contribution in [0.2, 0.25) is 0 Å². The molecule has 0 bridgehead atoms. The Bertz CT molecular complexity index is 1340. The third-order valence-electron chi connectivity index (χ3n) is 6.09.